The second-order valence-electron chi connectivity index (χ2n) is 6.84. The van der Waals surface area contributed by atoms with E-state index in [0.29, 0.717) is 31.7 Å². The normalized spacial score (nSPS) is 16.6. The van der Waals surface area contributed by atoms with E-state index < -0.39 is 11.7 Å². The molecule has 0 aliphatic carbocycles. The van der Waals surface area contributed by atoms with E-state index in [4.69, 9.17) is 14.2 Å². The van der Waals surface area contributed by atoms with Crippen LogP contribution in [0.4, 0.5) is 10.5 Å². The summed E-state index contributed by atoms with van der Waals surface area (Å²) in [6, 6.07) is 5.45. The summed E-state index contributed by atoms with van der Waals surface area (Å²) in [5.74, 6) is 0.649. The number of esters is 1. The summed E-state index contributed by atoms with van der Waals surface area (Å²) < 4.78 is 15.9. The Balaban J connectivity index is 2.00. The van der Waals surface area contributed by atoms with Crippen molar-refractivity contribution in [3.63, 3.8) is 0 Å². The number of carbonyl (C=O) groups is 2. The average molecular weight is 335 g/mol. The van der Waals surface area contributed by atoms with Crippen LogP contribution in [0.3, 0.4) is 0 Å². The average Bonchev–Trinajstić information content (AvgIpc) is 2.45. The van der Waals surface area contributed by atoms with Crippen LogP contribution in [0.15, 0.2) is 18.2 Å². The van der Waals surface area contributed by atoms with E-state index in [0.717, 1.165) is 11.3 Å². The van der Waals surface area contributed by atoms with E-state index in [2.05, 4.69) is 5.32 Å². The lowest BCUT2D eigenvalue weighted by Gasteiger charge is -2.25. The van der Waals surface area contributed by atoms with Gasteiger partial charge in [-0.25, -0.2) is 4.79 Å². The van der Waals surface area contributed by atoms with Gasteiger partial charge in [-0.1, -0.05) is 0 Å². The van der Waals surface area contributed by atoms with E-state index in [1.165, 1.54) is 0 Å². The van der Waals surface area contributed by atoms with Crippen LogP contribution in [-0.2, 0) is 20.7 Å². The highest BCUT2D eigenvalue weighted by Crippen LogP contribution is 2.31. The second kappa shape index (κ2) is 7.55. The zero-order valence-corrected chi connectivity index (χ0v) is 14.7. The predicted molar refractivity (Wildman–Crippen MR) is 90.2 cm³/mol. The Morgan fingerprint density at radius 3 is 2.75 bits per heavy atom. The van der Waals surface area contributed by atoms with Gasteiger partial charge in [-0.3, -0.25) is 10.1 Å². The van der Waals surface area contributed by atoms with Crippen LogP contribution in [0.5, 0.6) is 5.75 Å². The molecule has 1 aliphatic heterocycles. The first-order valence-corrected chi connectivity index (χ1v) is 8.18. The fourth-order valence-electron chi connectivity index (χ4n) is 2.54. The third kappa shape index (κ3) is 5.44. The summed E-state index contributed by atoms with van der Waals surface area (Å²) in [7, 11) is 0. The first kappa shape index (κ1) is 18.1. The maximum Gasteiger partial charge on any atom is 0.412 e. The molecule has 1 N–H and O–H groups in total. The van der Waals surface area contributed by atoms with Crippen molar-refractivity contribution in [2.45, 2.75) is 46.1 Å². The SMILES string of the molecule is CCOC(=O)CC1COc2ccc(NC(=O)OC(C)(C)C)cc2C1. The molecular weight excluding hydrogens is 310 g/mol. The van der Waals surface area contributed by atoms with E-state index >= 15 is 0 Å². The van der Waals surface area contributed by atoms with E-state index in [1.54, 1.807) is 13.0 Å². The van der Waals surface area contributed by atoms with Crippen LogP contribution < -0.4 is 10.1 Å². The monoisotopic (exact) mass is 335 g/mol. The minimum Gasteiger partial charge on any atom is -0.493 e. The van der Waals surface area contributed by atoms with Crippen molar-refractivity contribution in [3.8, 4) is 5.75 Å². The number of ether oxygens (including phenoxy) is 3. The molecule has 0 aromatic heterocycles. The third-order valence-electron chi connectivity index (χ3n) is 3.45. The molecule has 6 heteroatoms. The van der Waals surface area contributed by atoms with Gasteiger partial charge in [0.1, 0.15) is 11.4 Å². The summed E-state index contributed by atoms with van der Waals surface area (Å²) in [4.78, 5) is 23.5. The molecule has 0 radical (unpaired) electrons. The Hall–Kier alpha value is -2.24. The summed E-state index contributed by atoms with van der Waals surface area (Å²) in [5.41, 5.74) is 1.05. The number of nitrogens with one attached hydrogen (secondary N) is 1. The molecule has 1 aromatic carbocycles. The standard InChI is InChI=1S/C18H25NO5/c1-5-22-16(20)9-12-8-13-10-14(6-7-15(13)23-11-12)19-17(21)24-18(2,3)4/h6-7,10,12H,5,8-9,11H2,1-4H3,(H,19,21). The lowest BCUT2D eigenvalue weighted by atomic mass is 9.94. The number of benzene rings is 1. The molecule has 0 saturated heterocycles. The highest BCUT2D eigenvalue weighted by Gasteiger charge is 2.24. The van der Waals surface area contributed by atoms with Crippen molar-refractivity contribution in [3.05, 3.63) is 23.8 Å². The Labute approximate surface area is 142 Å². The zero-order valence-electron chi connectivity index (χ0n) is 14.7. The molecule has 0 fully saturated rings. The van der Waals surface area contributed by atoms with Crippen LogP contribution in [0.25, 0.3) is 0 Å². The summed E-state index contributed by atoms with van der Waals surface area (Å²) in [6.07, 6.45) is 0.539. The maximum absolute atomic E-state index is 11.9. The third-order valence-corrected chi connectivity index (χ3v) is 3.45. The number of fused-ring (bicyclic) bond motifs is 1. The highest BCUT2D eigenvalue weighted by atomic mass is 16.6. The van der Waals surface area contributed by atoms with Crippen molar-refractivity contribution in [1.29, 1.82) is 0 Å². The number of hydrogen-bond acceptors (Lipinski definition) is 5. The van der Waals surface area contributed by atoms with Crippen molar-refractivity contribution >= 4 is 17.7 Å². The Morgan fingerprint density at radius 1 is 1.33 bits per heavy atom. The lowest BCUT2D eigenvalue weighted by molar-refractivity contribution is -0.144. The molecule has 1 atom stereocenters. The van der Waals surface area contributed by atoms with Gasteiger partial charge in [-0.2, -0.15) is 0 Å². The van der Waals surface area contributed by atoms with Gasteiger partial charge in [0.15, 0.2) is 0 Å². The zero-order chi connectivity index (χ0) is 17.7. The summed E-state index contributed by atoms with van der Waals surface area (Å²) >= 11 is 0. The van der Waals surface area contributed by atoms with Crippen LogP contribution >= 0.6 is 0 Å². The fraction of sp³-hybridized carbons (Fsp3) is 0.556. The second-order valence-corrected chi connectivity index (χ2v) is 6.84. The number of carbonyl (C=O) groups excluding carboxylic acids is 2. The molecule has 1 unspecified atom stereocenters. The molecule has 0 spiro atoms. The minimum absolute atomic E-state index is 0.0772. The first-order valence-electron chi connectivity index (χ1n) is 8.18. The molecule has 0 saturated carbocycles. The molecule has 1 amide bonds. The fourth-order valence-corrected chi connectivity index (χ4v) is 2.54. The van der Waals surface area contributed by atoms with E-state index in [-0.39, 0.29) is 11.9 Å². The molecule has 1 heterocycles. The quantitative estimate of drug-likeness (QED) is 0.852. The number of hydrogen-bond donors (Lipinski definition) is 1. The molecular formula is C18H25NO5. The van der Waals surface area contributed by atoms with Crippen LogP contribution in [0.2, 0.25) is 0 Å². The summed E-state index contributed by atoms with van der Waals surface area (Å²) in [6.45, 7) is 8.10. The van der Waals surface area contributed by atoms with Crippen molar-refractivity contribution in [2.75, 3.05) is 18.5 Å². The van der Waals surface area contributed by atoms with Crippen LogP contribution in [0, 0.1) is 5.92 Å². The van der Waals surface area contributed by atoms with Gasteiger partial charge in [0.25, 0.3) is 0 Å². The van der Waals surface area contributed by atoms with Crippen molar-refractivity contribution < 1.29 is 23.8 Å². The van der Waals surface area contributed by atoms with E-state index in [1.807, 2.05) is 32.9 Å². The molecule has 6 nitrogen and oxygen atoms in total. The van der Waals surface area contributed by atoms with Crippen LogP contribution in [-0.4, -0.2) is 30.9 Å². The predicted octanol–water partition coefficient (Wildman–Crippen LogP) is 3.54. The summed E-state index contributed by atoms with van der Waals surface area (Å²) in [5, 5.41) is 2.72. The van der Waals surface area contributed by atoms with Gasteiger partial charge in [0.2, 0.25) is 0 Å². The molecule has 132 valence electrons. The number of rotatable bonds is 4. The largest absolute Gasteiger partial charge is 0.493 e. The van der Waals surface area contributed by atoms with Gasteiger partial charge in [-0.15, -0.1) is 0 Å². The first-order chi connectivity index (χ1) is 11.3. The molecule has 2 rings (SSSR count). The Kier molecular flexibility index (Phi) is 5.70. The molecule has 0 bridgehead atoms. The molecule has 24 heavy (non-hydrogen) atoms. The van der Waals surface area contributed by atoms with Gasteiger partial charge < -0.3 is 14.2 Å². The lowest BCUT2D eigenvalue weighted by Crippen LogP contribution is -2.27. The van der Waals surface area contributed by atoms with Gasteiger partial charge in [-0.05, 0) is 57.9 Å². The van der Waals surface area contributed by atoms with Gasteiger partial charge in [0.05, 0.1) is 19.6 Å². The van der Waals surface area contributed by atoms with Crippen LogP contribution in [0.1, 0.15) is 39.7 Å². The Morgan fingerprint density at radius 2 is 2.08 bits per heavy atom. The molecule has 1 aromatic rings. The van der Waals surface area contributed by atoms with Gasteiger partial charge >= 0.3 is 12.1 Å². The maximum atomic E-state index is 11.9. The smallest absolute Gasteiger partial charge is 0.412 e. The number of amides is 1. The molecule has 1 aliphatic rings. The minimum atomic E-state index is -0.549. The highest BCUT2D eigenvalue weighted by molar-refractivity contribution is 5.85. The van der Waals surface area contributed by atoms with E-state index in [9.17, 15) is 9.59 Å². The topological polar surface area (TPSA) is 73.9 Å². The van der Waals surface area contributed by atoms with Gasteiger partial charge in [0, 0.05) is 11.6 Å². The number of anilines is 1. The Bertz CT molecular complexity index is 606. The van der Waals surface area contributed by atoms with Crippen molar-refractivity contribution in [1.82, 2.24) is 0 Å². The van der Waals surface area contributed by atoms with Crippen molar-refractivity contribution in [2.24, 2.45) is 5.92 Å².